The average molecular weight is 498 g/mol. The molecule has 1 N–H and O–H groups in total. The highest BCUT2D eigenvalue weighted by Gasteiger charge is 2.15. The van der Waals surface area contributed by atoms with Gasteiger partial charge in [0, 0.05) is 18.8 Å². The number of carboxylic acid groups (broad SMARTS) is 1. The second kappa shape index (κ2) is 13.8. The van der Waals surface area contributed by atoms with Crippen LogP contribution in [0.5, 0.6) is 0 Å². The summed E-state index contributed by atoms with van der Waals surface area (Å²) in [5.41, 5.74) is 3.57. The minimum atomic E-state index is -1.04. The number of nitrogens with zero attached hydrogens (tertiary/aromatic N) is 5. The Morgan fingerprint density at radius 2 is 2.00 bits per heavy atom. The molecule has 11 heteroatoms. The molecule has 1 aromatic heterocycles. The molecule has 0 saturated carbocycles. The Morgan fingerprint density at radius 3 is 2.63 bits per heavy atom. The lowest BCUT2D eigenvalue weighted by atomic mass is 10.1. The lowest BCUT2D eigenvalue weighted by Gasteiger charge is -2.23. The Morgan fingerprint density at radius 1 is 1.23 bits per heavy atom. The molecule has 0 aliphatic carbocycles. The number of rotatable bonds is 13. The molecular formula is C24H27N5O5S. The zero-order chi connectivity index (χ0) is 25.8. The Bertz CT molecular complexity index is 1160. The molecule has 0 amide bonds. The number of carbonyl (C=O) groups excluding carboxylic acids is 1. The molecule has 0 unspecified atom stereocenters. The Labute approximate surface area is 208 Å². The van der Waals surface area contributed by atoms with E-state index in [1.807, 2.05) is 32.0 Å². The van der Waals surface area contributed by atoms with Crippen LogP contribution in [0.1, 0.15) is 35.8 Å². The van der Waals surface area contributed by atoms with Crippen molar-refractivity contribution in [2.24, 2.45) is 10.2 Å². The number of benzene rings is 1. The molecule has 0 bridgehead atoms. The summed E-state index contributed by atoms with van der Waals surface area (Å²) >= 11 is 1.16. The van der Waals surface area contributed by atoms with E-state index in [-0.39, 0.29) is 26.1 Å². The van der Waals surface area contributed by atoms with Crippen molar-refractivity contribution in [1.29, 1.82) is 5.26 Å². The second-order valence-corrected chi connectivity index (χ2v) is 8.41. The maximum atomic E-state index is 11.4. The van der Waals surface area contributed by atoms with Gasteiger partial charge in [-0.3, -0.25) is 9.59 Å². The van der Waals surface area contributed by atoms with Gasteiger partial charge in [0.1, 0.15) is 17.7 Å². The number of carbonyl (C=O) groups is 2. The summed E-state index contributed by atoms with van der Waals surface area (Å²) in [6.07, 6.45) is -0.398. The number of thiophene rings is 1. The van der Waals surface area contributed by atoms with Crippen LogP contribution in [0.25, 0.3) is 4.85 Å². The predicted molar refractivity (Wildman–Crippen MR) is 132 cm³/mol. The molecule has 0 atom stereocenters. The molecule has 0 aliphatic rings. The third-order valence-electron chi connectivity index (χ3n) is 5.03. The monoisotopic (exact) mass is 497 g/mol. The summed E-state index contributed by atoms with van der Waals surface area (Å²) in [5.74, 6) is -1.59. The Balaban J connectivity index is 1.89. The van der Waals surface area contributed by atoms with E-state index < -0.39 is 11.9 Å². The largest absolute Gasteiger partial charge is 0.481 e. The molecule has 1 heterocycles. The maximum absolute atomic E-state index is 11.4. The van der Waals surface area contributed by atoms with Crippen LogP contribution in [0.4, 0.5) is 22.1 Å². The summed E-state index contributed by atoms with van der Waals surface area (Å²) in [7, 11) is 0. The first kappa shape index (κ1) is 27.4. The van der Waals surface area contributed by atoms with Crippen LogP contribution in [0.2, 0.25) is 0 Å². The van der Waals surface area contributed by atoms with Crippen molar-refractivity contribution in [2.75, 3.05) is 37.8 Å². The summed E-state index contributed by atoms with van der Waals surface area (Å²) in [5, 5.41) is 26.7. The third-order valence-corrected chi connectivity index (χ3v) is 6.10. The summed E-state index contributed by atoms with van der Waals surface area (Å²) < 4.78 is 10.5. The lowest BCUT2D eigenvalue weighted by molar-refractivity contribution is -0.148. The SMILES string of the molecule is [C-]#[N+]c1c(N=Nc2ccc(N(CC)CCOCCOC(=O)CCC(=O)O)cc2C)sc(C#N)c1C. The molecule has 2 rings (SSSR count). The number of ether oxygens (including phenoxy) is 2. The highest BCUT2D eigenvalue weighted by molar-refractivity contribution is 7.17. The van der Waals surface area contributed by atoms with Gasteiger partial charge in [0.25, 0.3) is 0 Å². The number of esters is 1. The smallest absolute Gasteiger partial charge is 0.306 e. The van der Waals surface area contributed by atoms with E-state index in [1.165, 1.54) is 0 Å². The molecule has 0 fully saturated rings. The quantitative estimate of drug-likeness (QED) is 0.168. The van der Waals surface area contributed by atoms with Crippen LogP contribution in [0.3, 0.4) is 0 Å². The number of azo groups is 1. The molecule has 184 valence electrons. The molecule has 2 aromatic rings. The summed E-state index contributed by atoms with van der Waals surface area (Å²) in [6, 6.07) is 7.88. The van der Waals surface area contributed by atoms with Gasteiger partial charge >= 0.3 is 11.9 Å². The molecule has 35 heavy (non-hydrogen) atoms. The molecule has 0 radical (unpaired) electrons. The normalized spacial score (nSPS) is 10.7. The molecule has 10 nitrogen and oxygen atoms in total. The molecule has 0 spiro atoms. The fourth-order valence-corrected chi connectivity index (χ4v) is 3.95. The number of hydrogen-bond donors (Lipinski definition) is 1. The Kier molecular flexibility index (Phi) is 10.8. The Hall–Kier alpha value is -3.80. The zero-order valence-electron chi connectivity index (χ0n) is 19.9. The van der Waals surface area contributed by atoms with E-state index in [9.17, 15) is 14.9 Å². The van der Waals surface area contributed by atoms with Crippen molar-refractivity contribution in [1.82, 2.24) is 0 Å². The van der Waals surface area contributed by atoms with E-state index >= 15 is 0 Å². The van der Waals surface area contributed by atoms with Crippen molar-refractivity contribution >= 4 is 45.3 Å². The number of carboxylic acids is 1. The number of hydrogen-bond acceptors (Lipinski definition) is 9. The fourth-order valence-electron chi connectivity index (χ4n) is 3.09. The van der Waals surface area contributed by atoms with Gasteiger partial charge in [-0.2, -0.15) is 15.5 Å². The van der Waals surface area contributed by atoms with Crippen LogP contribution in [-0.2, 0) is 19.1 Å². The highest BCUT2D eigenvalue weighted by atomic mass is 32.1. The molecule has 1 aromatic carbocycles. The predicted octanol–water partition coefficient (Wildman–Crippen LogP) is 5.45. The van der Waals surface area contributed by atoms with Crippen molar-refractivity contribution in [2.45, 2.75) is 33.6 Å². The molecule has 0 aliphatic heterocycles. The number of aryl methyl sites for hydroxylation is 1. The molecule has 0 saturated heterocycles. The van der Waals surface area contributed by atoms with Gasteiger partial charge in [-0.1, -0.05) is 0 Å². The first-order valence-electron chi connectivity index (χ1n) is 10.9. The number of likely N-dealkylation sites (N-methyl/N-ethyl adjacent to an activating group) is 1. The van der Waals surface area contributed by atoms with Crippen LogP contribution in [0, 0.1) is 31.8 Å². The first-order valence-corrected chi connectivity index (χ1v) is 11.8. The first-order chi connectivity index (χ1) is 16.8. The van der Waals surface area contributed by atoms with Crippen molar-refractivity contribution in [3.05, 3.63) is 45.6 Å². The van der Waals surface area contributed by atoms with Crippen LogP contribution in [0.15, 0.2) is 28.4 Å². The van der Waals surface area contributed by atoms with Crippen molar-refractivity contribution < 1.29 is 24.2 Å². The lowest BCUT2D eigenvalue weighted by Crippen LogP contribution is -2.27. The standard InChI is InChI=1S/C24H27N5O5S/c1-5-29(10-11-33-12-13-34-22(32)9-8-21(30)31)18-6-7-19(16(2)14-18)27-28-24-23(26-4)17(3)20(15-25)35-24/h6-7,14H,5,8-13H2,1-3H3,(H,30,31). The van der Waals surface area contributed by atoms with Crippen LogP contribution >= 0.6 is 11.3 Å². The third kappa shape index (κ3) is 8.18. The minimum Gasteiger partial charge on any atom is -0.481 e. The average Bonchev–Trinajstić information content (AvgIpc) is 3.15. The van der Waals surface area contributed by atoms with Gasteiger partial charge in [-0.25, -0.2) is 4.85 Å². The van der Waals surface area contributed by atoms with Gasteiger partial charge in [0.05, 0.1) is 43.2 Å². The summed E-state index contributed by atoms with van der Waals surface area (Å²) in [4.78, 5) is 27.9. The number of aliphatic carboxylic acids is 1. The van der Waals surface area contributed by atoms with E-state index in [2.05, 4.69) is 26.0 Å². The van der Waals surface area contributed by atoms with Gasteiger partial charge in [0.2, 0.25) is 5.69 Å². The van der Waals surface area contributed by atoms with Crippen LogP contribution in [-0.4, -0.2) is 50.0 Å². The number of nitriles is 1. The fraction of sp³-hybridized carbons (Fsp3) is 0.417. The summed E-state index contributed by atoms with van der Waals surface area (Å²) in [6.45, 7) is 15.2. The topological polar surface area (TPSA) is 129 Å². The van der Waals surface area contributed by atoms with E-state index in [1.54, 1.807) is 6.92 Å². The highest BCUT2D eigenvalue weighted by Crippen LogP contribution is 2.42. The minimum absolute atomic E-state index is 0.0816. The van der Waals surface area contributed by atoms with Gasteiger partial charge in [-0.15, -0.1) is 11.3 Å². The number of anilines is 1. The molecular weight excluding hydrogens is 470 g/mol. The van der Waals surface area contributed by atoms with Crippen molar-refractivity contribution in [3.63, 3.8) is 0 Å². The van der Waals surface area contributed by atoms with E-state index in [0.29, 0.717) is 40.0 Å². The zero-order valence-corrected chi connectivity index (χ0v) is 20.7. The van der Waals surface area contributed by atoms with E-state index in [0.717, 1.165) is 29.1 Å². The second-order valence-electron chi connectivity index (χ2n) is 7.41. The van der Waals surface area contributed by atoms with Gasteiger partial charge < -0.3 is 19.5 Å². The van der Waals surface area contributed by atoms with Gasteiger partial charge in [-0.05, 0) is 50.1 Å². The van der Waals surface area contributed by atoms with Crippen LogP contribution < -0.4 is 4.90 Å². The van der Waals surface area contributed by atoms with E-state index in [4.69, 9.17) is 21.2 Å². The van der Waals surface area contributed by atoms with Gasteiger partial charge in [0.15, 0.2) is 0 Å². The maximum Gasteiger partial charge on any atom is 0.306 e. The van der Waals surface area contributed by atoms with Crippen molar-refractivity contribution in [3.8, 4) is 6.07 Å².